The molecule has 2 aromatic heterocycles. The fourth-order valence-corrected chi connectivity index (χ4v) is 5.42. The molecule has 0 N–H and O–H groups in total. The first kappa shape index (κ1) is 38.6. The predicted molar refractivity (Wildman–Crippen MR) is 186 cm³/mol. The zero-order valence-corrected chi connectivity index (χ0v) is 29.8. The second-order valence-corrected chi connectivity index (χ2v) is 11.1. The molecule has 0 aliphatic heterocycles. The standard InChI is InChI=1S/C36H40N4O12/c1-7-12-25-27(46-3)16-15-26-32(34(42)23-19-28(47-4)35(49-6)29(20-23)48-5)37-39(33(25)26)22-38(18-11-9-10-13-31(41)50-8-2)36(43)51-21-24-14-17-30(52-24)40(44)45/h14-17,19-20H,8-11,13,18,21-22H2,1-6H3. The molecule has 0 atom stereocenters. The number of ether oxygens (including phenoxy) is 6. The molecule has 52 heavy (non-hydrogen) atoms. The summed E-state index contributed by atoms with van der Waals surface area (Å²) >= 11 is 0. The molecule has 0 saturated carbocycles. The number of aromatic nitrogens is 2. The Bertz CT molecular complexity index is 1960. The van der Waals surface area contributed by atoms with E-state index in [1.165, 1.54) is 56.2 Å². The van der Waals surface area contributed by atoms with E-state index in [4.69, 9.17) is 37.9 Å². The lowest BCUT2D eigenvalue weighted by Crippen LogP contribution is -2.35. The van der Waals surface area contributed by atoms with E-state index in [-0.39, 0.29) is 67.3 Å². The first-order valence-corrected chi connectivity index (χ1v) is 16.3. The summed E-state index contributed by atoms with van der Waals surface area (Å²) in [6.45, 7) is 3.26. The van der Waals surface area contributed by atoms with E-state index in [2.05, 4.69) is 11.8 Å². The number of nitrogens with zero attached hydrogens (tertiary/aromatic N) is 4. The molecule has 0 spiro atoms. The number of carbonyl (C=O) groups is 3. The van der Waals surface area contributed by atoms with Crippen LogP contribution in [0.4, 0.5) is 10.7 Å². The lowest BCUT2D eigenvalue weighted by molar-refractivity contribution is -0.402. The number of hydrogen-bond donors (Lipinski definition) is 0. The van der Waals surface area contributed by atoms with Gasteiger partial charge in [0.15, 0.2) is 18.1 Å². The molecule has 0 unspecified atom stereocenters. The maximum Gasteiger partial charge on any atom is 0.433 e. The highest BCUT2D eigenvalue weighted by Crippen LogP contribution is 2.39. The number of methoxy groups -OCH3 is 4. The molecule has 16 heteroatoms. The topological polar surface area (TPSA) is 184 Å². The fraction of sp³-hybridized carbons (Fsp3) is 0.389. The Labute approximate surface area is 299 Å². The number of hydrogen-bond acceptors (Lipinski definition) is 13. The molecule has 4 aromatic rings. The Balaban J connectivity index is 1.75. The van der Waals surface area contributed by atoms with Crippen LogP contribution in [-0.2, 0) is 27.5 Å². The third-order valence-electron chi connectivity index (χ3n) is 7.83. The SMILES string of the molecule is CC#Cc1c(OC)ccc2c(C(=O)c3cc(OC)c(OC)c(OC)c3)nn(CN(CCCCCC(=O)OCC)C(=O)OCc3ccc([N+](=O)[O-])o3)c12. The van der Waals surface area contributed by atoms with E-state index in [0.29, 0.717) is 47.2 Å². The fourth-order valence-electron chi connectivity index (χ4n) is 5.42. The van der Waals surface area contributed by atoms with Gasteiger partial charge in [-0.15, -0.1) is 5.92 Å². The van der Waals surface area contributed by atoms with Crippen LogP contribution in [0.15, 0.2) is 40.8 Å². The summed E-state index contributed by atoms with van der Waals surface area (Å²) in [5.74, 6) is 5.99. The molecule has 2 aromatic carbocycles. The largest absolute Gasteiger partial charge is 0.495 e. The first-order chi connectivity index (χ1) is 25.1. The Morgan fingerprint density at radius 2 is 1.65 bits per heavy atom. The summed E-state index contributed by atoms with van der Waals surface area (Å²) in [6.07, 6.45) is 1.03. The van der Waals surface area contributed by atoms with Crippen molar-refractivity contribution in [2.75, 3.05) is 41.6 Å². The van der Waals surface area contributed by atoms with Crippen molar-refractivity contribution in [3.8, 4) is 34.8 Å². The number of nitro groups is 1. The van der Waals surface area contributed by atoms with E-state index in [9.17, 15) is 24.5 Å². The minimum Gasteiger partial charge on any atom is -0.495 e. The molecule has 2 heterocycles. The number of benzene rings is 2. The average molecular weight is 721 g/mol. The van der Waals surface area contributed by atoms with E-state index >= 15 is 0 Å². The molecule has 0 aliphatic carbocycles. The summed E-state index contributed by atoms with van der Waals surface area (Å²) in [7, 11) is 5.82. The number of rotatable bonds is 18. The molecule has 0 bridgehead atoms. The smallest absolute Gasteiger partial charge is 0.433 e. The van der Waals surface area contributed by atoms with Crippen LogP contribution in [0, 0.1) is 22.0 Å². The van der Waals surface area contributed by atoms with Crippen LogP contribution in [0.1, 0.15) is 66.9 Å². The van der Waals surface area contributed by atoms with Crippen LogP contribution >= 0.6 is 0 Å². The summed E-state index contributed by atoms with van der Waals surface area (Å²) in [6, 6.07) is 8.91. The molecule has 1 amide bonds. The Morgan fingerprint density at radius 1 is 0.942 bits per heavy atom. The van der Waals surface area contributed by atoms with Gasteiger partial charge in [0.25, 0.3) is 0 Å². The van der Waals surface area contributed by atoms with Crippen molar-refractivity contribution in [2.45, 2.75) is 52.8 Å². The van der Waals surface area contributed by atoms with Crippen molar-refractivity contribution in [3.05, 3.63) is 69.1 Å². The van der Waals surface area contributed by atoms with Crippen LogP contribution in [0.25, 0.3) is 10.9 Å². The van der Waals surface area contributed by atoms with Gasteiger partial charge in [0, 0.05) is 23.9 Å². The molecule has 0 saturated heterocycles. The molecule has 4 rings (SSSR count). The maximum atomic E-state index is 14.2. The summed E-state index contributed by atoms with van der Waals surface area (Å²) in [5, 5.41) is 16.2. The molecule has 16 nitrogen and oxygen atoms in total. The Morgan fingerprint density at radius 3 is 2.25 bits per heavy atom. The lowest BCUT2D eigenvalue weighted by Gasteiger charge is -2.22. The number of fused-ring (bicyclic) bond motifs is 1. The van der Waals surface area contributed by atoms with Gasteiger partial charge in [-0.3, -0.25) is 24.6 Å². The van der Waals surface area contributed by atoms with Gasteiger partial charge in [0.05, 0.1) is 52.2 Å². The highest BCUT2D eigenvalue weighted by Gasteiger charge is 2.27. The van der Waals surface area contributed by atoms with Crippen LogP contribution in [0.3, 0.4) is 0 Å². The van der Waals surface area contributed by atoms with Gasteiger partial charge in [-0.05, 0) is 57.0 Å². The quantitative estimate of drug-likeness (QED) is 0.0296. The normalized spacial score (nSPS) is 10.6. The van der Waals surface area contributed by atoms with E-state index in [0.717, 1.165) is 6.07 Å². The van der Waals surface area contributed by atoms with Crippen LogP contribution in [0.2, 0.25) is 0 Å². The van der Waals surface area contributed by atoms with Crippen LogP contribution in [0.5, 0.6) is 23.0 Å². The zero-order valence-electron chi connectivity index (χ0n) is 29.8. The maximum absolute atomic E-state index is 14.2. The van der Waals surface area contributed by atoms with Crippen LogP contribution in [-0.4, -0.2) is 79.0 Å². The van der Waals surface area contributed by atoms with Gasteiger partial charge >= 0.3 is 17.9 Å². The molecular formula is C36H40N4O12. The van der Waals surface area contributed by atoms with E-state index in [1.807, 2.05) is 0 Å². The number of unbranched alkanes of at least 4 members (excludes halogenated alkanes) is 2. The Hall–Kier alpha value is -6.24. The van der Waals surface area contributed by atoms with Gasteiger partial charge in [-0.2, -0.15) is 5.10 Å². The van der Waals surface area contributed by atoms with Gasteiger partial charge < -0.3 is 32.8 Å². The zero-order chi connectivity index (χ0) is 37.8. The van der Waals surface area contributed by atoms with Crippen molar-refractivity contribution in [2.24, 2.45) is 0 Å². The number of amides is 1. The van der Waals surface area contributed by atoms with Crippen molar-refractivity contribution < 1.29 is 52.1 Å². The number of esters is 1. The van der Waals surface area contributed by atoms with E-state index in [1.54, 1.807) is 26.0 Å². The highest BCUT2D eigenvalue weighted by molar-refractivity contribution is 6.16. The number of furan rings is 1. The summed E-state index contributed by atoms with van der Waals surface area (Å²) in [4.78, 5) is 51.4. The van der Waals surface area contributed by atoms with Gasteiger partial charge in [0.2, 0.25) is 11.5 Å². The monoisotopic (exact) mass is 720 g/mol. The predicted octanol–water partition coefficient (Wildman–Crippen LogP) is 5.89. The van der Waals surface area contributed by atoms with Crippen molar-refractivity contribution in [3.63, 3.8) is 0 Å². The second-order valence-electron chi connectivity index (χ2n) is 11.1. The van der Waals surface area contributed by atoms with Gasteiger partial charge in [-0.25, -0.2) is 9.48 Å². The third-order valence-corrected chi connectivity index (χ3v) is 7.83. The van der Waals surface area contributed by atoms with Crippen molar-refractivity contribution in [1.82, 2.24) is 14.7 Å². The third kappa shape index (κ3) is 8.91. The van der Waals surface area contributed by atoms with Crippen LogP contribution < -0.4 is 18.9 Å². The molecular weight excluding hydrogens is 680 g/mol. The summed E-state index contributed by atoms with van der Waals surface area (Å²) in [5.41, 5.74) is 1.11. The molecule has 0 radical (unpaired) electrons. The molecule has 0 aliphatic rings. The van der Waals surface area contributed by atoms with Gasteiger partial charge in [-0.1, -0.05) is 12.3 Å². The van der Waals surface area contributed by atoms with Crippen molar-refractivity contribution in [1.29, 1.82) is 0 Å². The highest BCUT2D eigenvalue weighted by atomic mass is 16.7. The molecule has 0 fully saturated rings. The molecule has 276 valence electrons. The Kier molecular flexibility index (Phi) is 13.4. The first-order valence-electron chi connectivity index (χ1n) is 16.3. The van der Waals surface area contributed by atoms with E-state index < -0.39 is 22.7 Å². The van der Waals surface area contributed by atoms with Gasteiger partial charge in [0.1, 0.15) is 28.8 Å². The summed E-state index contributed by atoms with van der Waals surface area (Å²) < 4.78 is 39.1. The average Bonchev–Trinajstić information content (AvgIpc) is 3.78. The number of carbonyl (C=O) groups excluding carboxylic acids is 3. The lowest BCUT2D eigenvalue weighted by atomic mass is 10.0. The van der Waals surface area contributed by atoms with Crippen molar-refractivity contribution >= 4 is 34.6 Å². The number of ketones is 1. The second kappa shape index (κ2) is 18.1. The minimum atomic E-state index is -0.781. The minimum absolute atomic E-state index is 0.0525.